The Kier molecular flexibility index (Phi) is 4.24. The molecule has 0 N–H and O–H groups in total. The van der Waals surface area contributed by atoms with Gasteiger partial charge in [-0.3, -0.25) is 4.79 Å². The Morgan fingerprint density at radius 3 is 2.68 bits per heavy atom. The van der Waals surface area contributed by atoms with Gasteiger partial charge in [-0.25, -0.2) is 4.98 Å². The highest BCUT2D eigenvalue weighted by atomic mass is 16.2. The van der Waals surface area contributed by atoms with Crippen molar-refractivity contribution in [2.45, 2.75) is 38.1 Å². The molecule has 0 saturated carbocycles. The van der Waals surface area contributed by atoms with Gasteiger partial charge in [-0.15, -0.1) is 0 Å². The number of imidazole rings is 1. The summed E-state index contributed by atoms with van der Waals surface area (Å²) in [5.41, 5.74) is 3.63. The largest absolute Gasteiger partial charge is 0.342 e. The molecule has 1 amide bonds. The van der Waals surface area contributed by atoms with Crippen molar-refractivity contribution in [3.8, 4) is 0 Å². The fourth-order valence-corrected chi connectivity index (χ4v) is 4.19. The third-order valence-electron chi connectivity index (χ3n) is 5.76. The van der Waals surface area contributed by atoms with E-state index >= 15 is 0 Å². The molecule has 0 bridgehead atoms. The number of aryl methyl sites for hydroxylation is 3. The number of fused-ring (bicyclic) bond motifs is 1. The number of hydrogen-bond acceptors (Lipinski definition) is 3. The van der Waals surface area contributed by atoms with Crippen molar-refractivity contribution in [2.24, 2.45) is 7.05 Å². The van der Waals surface area contributed by atoms with E-state index in [0.717, 1.165) is 50.3 Å². The summed E-state index contributed by atoms with van der Waals surface area (Å²) >= 11 is 0. The van der Waals surface area contributed by atoms with E-state index in [1.807, 2.05) is 37.5 Å². The fraction of sp³-hybridized carbons (Fsp3) is 0.500. The van der Waals surface area contributed by atoms with Crippen LogP contribution in [0.1, 0.15) is 40.7 Å². The van der Waals surface area contributed by atoms with Crippen LogP contribution < -0.4 is 4.90 Å². The van der Waals surface area contributed by atoms with Crippen molar-refractivity contribution < 1.29 is 4.79 Å². The Morgan fingerprint density at radius 1 is 1.20 bits per heavy atom. The van der Waals surface area contributed by atoms with Gasteiger partial charge in [0, 0.05) is 51.2 Å². The van der Waals surface area contributed by atoms with E-state index in [0.29, 0.717) is 6.04 Å². The summed E-state index contributed by atoms with van der Waals surface area (Å²) < 4.78 is 2.06. The predicted octanol–water partition coefficient (Wildman–Crippen LogP) is 2.65. The van der Waals surface area contributed by atoms with Crippen LogP contribution in [-0.2, 0) is 19.9 Å². The number of nitrogens with zero attached hydrogens (tertiary/aromatic N) is 4. The first-order valence-corrected chi connectivity index (χ1v) is 9.25. The van der Waals surface area contributed by atoms with Gasteiger partial charge in [-0.1, -0.05) is 6.07 Å². The summed E-state index contributed by atoms with van der Waals surface area (Å²) in [6.07, 6.45) is 9.28. The summed E-state index contributed by atoms with van der Waals surface area (Å²) in [6.45, 7) is 1.88. The summed E-state index contributed by atoms with van der Waals surface area (Å²) in [5.74, 6) is 1.18. The zero-order valence-electron chi connectivity index (χ0n) is 15.1. The molecule has 0 radical (unpaired) electrons. The smallest absolute Gasteiger partial charge is 0.253 e. The summed E-state index contributed by atoms with van der Waals surface area (Å²) in [7, 11) is 3.98. The topological polar surface area (TPSA) is 41.4 Å². The number of benzene rings is 1. The van der Waals surface area contributed by atoms with E-state index in [-0.39, 0.29) is 5.91 Å². The molecular weight excluding hydrogens is 312 g/mol. The number of carbonyl (C=O) groups excluding carboxylic acids is 1. The normalized spacial score (nSPS) is 17.6. The minimum atomic E-state index is 0.158. The Labute approximate surface area is 149 Å². The molecule has 5 heteroatoms. The number of rotatable bonds is 3. The molecule has 1 aliphatic heterocycles. The second-order valence-electron chi connectivity index (χ2n) is 7.31. The van der Waals surface area contributed by atoms with Crippen LogP contribution in [0.3, 0.4) is 0 Å². The maximum atomic E-state index is 12.9. The van der Waals surface area contributed by atoms with Crippen LogP contribution in [0.2, 0.25) is 0 Å². The van der Waals surface area contributed by atoms with Gasteiger partial charge >= 0.3 is 0 Å². The van der Waals surface area contributed by atoms with Crippen LogP contribution in [0.15, 0.2) is 30.6 Å². The number of hydrogen-bond donors (Lipinski definition) is 0. The van der Waals surface area contributed by atoms with Crippen LogP contribution in [0.4, 0.5) is 5.95 Å². The monoisotopic (exact) mass is 338 g/mol. The van der Waals surface area contributed by atoms with Gasteiger partial charge < -0.3 is 14.4 Å². The molecular formula is C20H26N4O. The van der Waals surface area contributed by atoms with Crippen LogP contribution in [0.25, 0.3) is 0 Å². The van der Waals surface area contributed by atoms with Gasteiger partial charge in [0.1, 0.15) is 0 Å². The molecule has 1 aromatic carbocycles. The van der Waals surface area contributed by atoms with Crippen LogP contribution >= 0.6 is 0 Å². The molecule has 132 valence electrons. The Morgan fingerprint density at radius 2 is 1.96 bits per heavy atom. The molecule has 2 heterocycles. The van der Waals surface area contributed by atoms with Crippen molar-refractivity contribution in [3.05, 3.63) is 47.3 Å². The number of aromatic nitrogens is 2. The van der Waals surface area contributed by atoms with Crippen LogP contribution in [0.5, 0.6) is 0 Å². The van der Waals surface area contributed by atoms with Crippen molar-refractivity contribution in [3.63, 3.8) is 0 Å². The van der Waals surface area contributed by atoms with E-state index in [1.165, 1.54) is 17.5 Å². The average Bonchev–Trinajstić information content (AvgIpc) is 3.28. The van der Waals surface area contributed by atoms with Crippen molar-refractivity contribution in [1.29, 1.82) is 0 Å². The molecule has 0 spiro atoms. The van der Waals surface area contributed by atoms with Crippen molar-refractivity contribution in [1.82, 2.24) is 14.5 Å². The minimum absolute atomic E-state index is 0.158. The lowest BCUT2D eigenvalue weighted by atomic mass is 10.0. The SMILES string of the molecule is CN(C(=O)c1ccc2c(c1)CCC2)C1CCN(c2nccn2C)CC1. The fourth-order valence-electron chi connectivity index (χ4n) is 4.19. The highest BCUT2D eigenvalue weighted by molar-refractivity contribution is 5.94. The Hall–Kier alpha value is -2.30. The van der Waals surface area contributed by atoms with Gasteiger partial charge in [-0.05, 0) is 55.4 Å². The van der Waals surface area contributed by atoms with E-state index in [4.69, 9.17) is 0 Å². The van der Waals surface area contributed by atoms with Gasteiger partial charge in [0.2, 0.25) is 5.95 Å². The summed E-state index contributed by atoms with van der Waals surface area (Å²) in [5, 5.41) is 0. The molecule has 25 heavy (non-hydrogen) atoms. The molecule has 1 saturated heterocycles. The van der Waals surface area contributed by atoms with E-state index in [9.17, 15) is 4.79 Å². The van der Waals surface area contributed by atoms with Crippen molar-refractivity contribution >= 4 is 11.9 Å². The first-order chi connectivity index (χ1) is 12.1. The van der Waals surface area contributed by atoms with E-state index < -0.39 is 0 Å². The number of carbonyl (C=O) groups is 1. The number of anilines is 1. The average molecular weight is 338 g/mol. The molecule has 4 rings (SSSR count). The molecule has 2 aromatic rings. The summed E-state index contributed by atoms with van der Waals surface area (Å²) in [6, 6.07) is 6.57. The Balaban J connectivity index is 1.41. The van der Waals surface area contributed by atoms with Crippen molar-refractivity contribution in [2.75, 3.05) is 25.0 Å². The van der Waals surface area contributed by atoms with Crippen LogP contribution in [-0.4, -0.2) is 46.5 Å². The molecule has 1 aromatic heterocycles. The second kappa shape index (κ2) is 6.54. The summed E-state index contributed by atoms with van der Waals surface area (Å²) in [4.78, 5) is 21.6. The first kappa shape index (κ1) is 16.2. The lowest BCUT2D eigenvalue weighted by Gasteiger charge is -2.37. The molecule has 0 atom stereocenters. The lowest BCUT2D eigenvalue weighted by Crippen LogP contribution is -2.46. The van der Waals surface area contributed by atoms with Gasteiger partial charge in [0.05, 0.1) is 0 Å². The van der Waals surface area contributed by atoms with Gasteiger partial charge in [0.15, 0.2) is 0 Å². The molecule has 1 fully saturated rings. The Bertz CT molecular complexity index is 774. The lowest BCUT2D eigenvalue weighted by molar-refractivity contribution is 0.0709. The zero-order chi connectivity index (χ0) is 17.4. The minimum Gasteiger partial charge on any atom is -0.342 e. The molecule has 0 unspecified atom stereocenters. The zero-order valence-corrected chi connectivity index (χ0v) is 15.1. The second-order valence-corrected chi connectivity index (χ2v) is 7.31. The highest BCUT2D eigenvalue weighted by Gasteiger charge is 2.27. The van der Waals surface area contributed by atoms with Crippen LogP contribution in [0, 0.1) is 0 Å². The number of amides is 1. The molecule has 5 nitrogen and oxygen atoms in total. The maximum Gasteiger partial charge on any atom is 0.253 e. The standard InChI is InChI=1S/C20H26N4O/c1-22-13-10-21-20(22)24-11-8-18(9-12-24)23(2)19(25)17-7-6-15-4-3-5-16(15)14-17/h6-7,10,13-14,18H,3-5,8-9,11-12H2,1-2H3. The molecule has 2 aliphatic rings. The number of piperidine rings is 1. The molecule has 1 aliphatic carbocycles. The van der Waals surface area contributed by atoms with Gasteiger partial charge in [0.25, 0.3) is 5.91 Å². The third kappa shape index (κ3) is 3.03. The van der Waals surface area contributed by atoms with E-state index in [1.54, 1.807) is 0 Å². The van der Waals surface area contributed by atoms with E-state index in [2.05, 4.69) is 26.6 Å². The predicted molar refractivity (Wildman–Crippen MR) is 99.0 cm³/mol. The quantitative estimate of drug-likeness (QED) is 0.864. The highest BCUT2D eigenvalue weighted by Crippen LogP contribution is 2.25. The third-order valence-corrected chi connectivity index (χ3v) is 5.76. The maximum absolute atomic E-state index is 12.9. The van der Waals surface area contributed by atoms with Gasteiger partial charge in [-0.2, -0.15) is 0 Å². The first-order valence-electron chi connectivity index (χ1n) is 9.25.